The molecule has 0 aromatic rings. The minimum Gasteiger partial charge on any atom is -0.379 e. The lowest BCUT2D eigenvalue weighted by molar-refractivity contribution is -0.132. The molecule has 2 aliphatic heterocycles. The zero-order valence-corrected chi connectivity index (χ0v) is 11.4. The molecule has 2 saturated heterocycles. The number of amides is 1. The van der Waals surface area contributed by atoms with Crippen molar-refractivity contribution in [1.82, 2.24) is 15.5 Å². The number of likely N-dealkylation sites (tertiary alicyclic amines) is 1. The van der Waals surface area contributed by atoms with Crippen LogP contribution in [0.3, 0.4) is 0 Å². The molecular formula is C13H25N3O2. The van der Waals surface area contributed by atoms with Crippen molar-refractivity contribution >= 4 is 5.91 Å². The van der Waals surface area contributed by atoms with Crippen LogP contribution in [0.4, 0.5) is 0 Å². The molecule has 5 heteroatoms. The minimum atomic E-state index is 0.267. The molecule has 0 bridgehead atoms. The molecular weight excluding hydrogens is 230 g/mol. The number of hydrogen-bond donors (Lipinski definition) is 2. The maximum atomic E-state index is 11.4. The third-order valence-corrected chi connectivity index (χ3v) is 3.78. The van der Waals surface area contributed by atoms with Crippen LogP contribution in [-0.2, 0) is 9.53 Å². The van der Waals surface area contributed by atoms with Gasteiger partial charge < -0.3 is 20.3 Å². The Balaban J connectivity index is 1.70. The third kappa shape index (κ3) is 3.93. The van der Waals surface area contributed by atoms with Crippen LogP contribution in [0.15, 0.2) is 0 Å². The fourth-order valence-corrected chi connectivity index (χ4v) is 2.82. The fraction of sp³-hybridized carbons (Fsp3) is 0.923. The zero-order chi connectivity index (χ0) is 13.0. The molecule has 2 heterocycles. The van der Waals surface area contributed by atoms with E-state index in [1.807, 2.05) is 11.9 Å². The number of nitrogens with zero attached hydrogens (tertiary/aromatic N) is 1. The first kappa shape index (κ1) is 13.8. The van der Waals surface area contributed by atoms with E-state index in [2.05, 4.69) is 17.6 Å². The van der Waals surface area contributed by atoms with Gasteiger partial charge in [-0.1, -0.05) is 0 Å². The Labute approximate surface area is 109 Å². The molecule has 0 aromatic heterocycles. The van der Waals surface area contributed by atoms with E-state index in [0.29, 0.717) is 24.5 Å². The average Bonchev–Trinajstić information content (AvgIpc) is 2.35. The molecule has 18 heavy (non-hydrogen) atoms. The number of ether oxygens (including phenoxy) is 1. The summed E-state index contributed by atoms with van der Waals surface area (Å²) in [6.07, 6.45) is 2.71. The number of likely N-dealkylation sites (N-methyl/N-ethyl adjacent to an activating group) is 1. The fourth-order valence-electron chi connectivity index (χ4n) is 2.82. The first-order valence-corrected chi connectivity index (χ1v) is 6.96. The van der Waals surface area contributed by atoms with Gasteiger partial charge in [0.2, 0.25) is 5.91 Å². The Morgan fingerprint density at radius 1 is 1.61 bits per heavy atom. The molecule has 0 spiro atoms. The molecule has 0 radical (unpaired) electrons. The number of nitrogens with one attached hydrogen (secondary N) is 2. The summed E-state index contributed by atoms with van der Waals surface area (Å²) in [5, 5.41) is 7.10. The predicted molar refractivity (Wildman–Crippen MR) is 70.5 cm³/mol. The normalized spacial score (nSPS) is 31.4. The van der Waals surface area contributed by atoms with Gasteiger partial charge in [0.15, 0.2) is 0 Å². The van der Waals surface area contributed by atoms with E-state index in [0.717, 1.165) is 39.1 Å². The molecule has 0 aliphatic carbocycles. The predicted octanol–water partition coefficient (Wildman–Crippen LogP) is -0.0362. The van der Waals surface area contributed by atoms with Crippen molar-refractivity contribution in [3.63, 3.8) is 0 Å². The third-order valence-electron chi connectivity index (χ3n) is 3.78. The van der Waals surface area contributed by atoms with Gasteiger partial charge in [0.1, 0.15) is 0 Å². The Morgan fingerprint density at radius 2 is 2.44 bits per heavy atom. The van der Waals surface area contributed by atoms with Gasteiger partial charge in [-0.25, -0.2) is 0 Å². The first-order chi connectivity index (χ1) is 8.65. The summed E-state index contributed by atoms with van der Waals surface area (Å²) in [7, 11) is 1.89. The van der Waals surface area contributed by atoms with E-state index < -0.39 is 0 Å². The van der Waals surface area contributed by atoms with Crippen LogP contribution in [-0.4, -0.2) is 62.3 Å². The van der Waals surface area contributed by atoms with Gasteiger partial charge in [-0.3, -0.25) is 4.79 Å². The van der Waals surface area contributed by atoms with Crippen molar-refractivity contribution < 1.29 is 9.53 Å². The lowest BCUT2D eigenvalue weighted by atomic mass is 10.0. The molecule has 2 N–H and O–H groups in total. The minimum absolute atomic E-state index is 0.267. The van der Waals surface area contributed by atoms with Crippen LogP contribution < -0.4 is 10.6 Å². The van der Waals surface area contributed by atoms with Crippen LogP contribution in [0.2, 0.25) is 0 Å². The molecule has 104 valence electrons. The topological polar surface area (TPSA) is 53.6 Å². The van der Waals surface area contributed by atoms with Gasteiger partial charge in [0.25, 0.3) is 0 Å². The Bertz CT molecular complexity index is 279. The molecule has 2 aliphatic rings. The Morgan fingerprint density at radius 3 is 3.11 bits per heavy atom. The van der Waals surface area contributed by atoms with Crippen LogP contribution >= 0.6 is 0 Å². The Hall–Kier alpha value is -0.650. The molecule has 2 fully saturated rings. The van der Waals surface area contributed by atoms with Crippen LogP contribution in [0, 0.1) is 0 Å². The van der Waals surface area contributed by atoms with Gasteiger partial charge >= 0.3 is 0 Å². The summed E-state index contributed by atoms with van der Waals surface area (Å²) >= 11 is 0. The number of morpholine rings is 1. The summed E-state index contributed by atoms with van der Waals surface area (Å²) in [5.74, 6) is 0.267. The SMILES string of the molecule is CC(CC1COCCN1)NC1CCC(=O)N(C)C1. The van der Waals surface area contributed by atoms with Crippen LogP contribution in [0.1, 0.15) is 26.2 Å². The number of carbonyl (C=O) groups excluding carboxylic acids is 1. The summed E-state index contributed by atoms with van der Waals surface area (Å²) < 4.78 is 5.46. The highest BCUT2D eigenvalue weighted by Gasteiger charge is 2.24. The van der Waals surface area contributed by atoms with Gasteiger partial charge in [-0.15, -0.1) is 0 Å². The summed E-state index contributed by atoms with van der Waals surface area (Å²) in [6, 6.07) is 1.35. The molecule has 2 rings (SSSR count). The average molecular weight is 255 g/mol. The van der Waals surface area contributed by atoms with E-state index >= 15 is 0 Å². The number of hydrogen-bond acceptors (Lipinski definition) is 4. The maximum Gasteiger partial charge on any atom is 0.222 e. The van der Waals surface area contributed by atoms with E-state index in [1.54, 1.807) is 0 Å². The quantitative estimate of drug-likeness (QED) is 0.740. The Kier molecular flexibility index (Phi) is 4.97. The van der Waals surface area contributed by atoms with Crippen molar-refractivity contribution in [3.05, 3.63) is 0 Å². The summed E-state index contributed by atoms with van der Waals surface area (Å²) in [4.78, 5) is 13.2. The molecule has 3 atom stereocenters. The van der Waals surface area contributed by atoms with Crippen LogP contribution in [0.25, 0.3) is 0 Å². The highest BCUT2D eigenvalue weighted by molar-refractivity contribution is 5.76. The zero-order valence-electron chi connectivity index (χ0n) is 11.4. The lowest BCUT2D eigenvalue weighted by Gasteiger charge is -2.34. The molecule has 1 amide bonds. The second-order valence-corrected chi connectivity index (χ2v) is 5.54. The number of rotatable bonds is 4. The molecule has 3 unspecified atom stereocenters. The van der Waals surface area contributed by atoms with Crippen molar-refractivity contribution in [2.75, 3.05) is 33.4 Å². The smallest absolute Gasteiger partial charge is 0.222 e. The number of piperidine rings is 1. The first-order valence-electron chi connectivity index (χ1n) is 6.96. The van der Waals surface area contributed by atoms with E-state index in [1.165, 1.54) is 0 Å². The van der Waals surface area contributed by atoms with Crippen molar-refractivity contribution in [3.8, 4) is 0 Å². The van der Waals surface area contributed by atoms with Gasteiger partial charge in [0, 0.05) is 44.7 Å². The van der Waals surface area contributed by atoms with E-state index in [9.17, 15) is 4.79 Å². The molecule has 5 nitrogen and oxygen atoms in total. The van der Waals surface area contributed by atoms with E-state index in [-0.39, 0.29) is 5.91 Å². The highest BCUT2D eigenvalue weighted by Crippen LogP contribution is 2.11. The standard InChI is InChI=1S/C13H25N3O2/c1-10(7-12-9-18-6-5-14-12)15-11-3-4-13(17)16(2)8-11/h10-12,14-15H,3-9H2,1-2H3. The highest BCUT2D eigenvalue weighted by atomic mass is 16.5. The summed E-state index contributed by atoms with van der Waals surface area (Å²) in [5.41, 5.74) is 0. The summed E-state index contributed by atoms with van der Waals surface area (Å²) in [6.45, 7) is 5.64. The maximum absolute atomic E-state index is 11.4. The monoisotopic (exact) mass is 255 g/mol. The number of carbonyl (C=O) groups is 1. The van der Waals surface area contributed by atoms with Crippen molar-refractivity contribution in [2.45, 2.75) is 44.3 Å². The van der Waals surface area contributed by atoms with Gasteiger partial charge in [-0.05, 0) is 19.8 Å². The van der Waals surface area contributed by atoms with Crippen LogP contribution in [0.5, 0.6) is 0 Å². The molecule has 0 aromatic carbocycles. The van der Waals surface area contributed by atoms with Gasteiger partial charge in [0.05, 0.1) is 13.2 Å². The van der Waals surface area contributed by atoms with Crippen molar-refractivity contribution in [2.24, 2.45) is 0 Å². The van der Waals surface area contributed by atoms with Gasteiger partial charge in [-0.2, -0.15) is 0 Å². The second-order valence-electron chi connectivity index (χ2n) is 5.54. The van der Waals surface area contributed by atoms with E-state index in [4.69, 9.17) is 4.74 Å². The molecule has 0 saturated carbocycles. The second kappa shape index (κ2) is 6.50. The largest absolute Gasteiger partial charge is 0.379 e. The van der Waals surface area contributed by atoms with Crippen molar-refractivity contribution in [1.29, 1.82) is 0 Å². The lowest BCUT2D eigenvalue weighted by Crippen LogP contribution is -2.51.